The maximum Gasteiger partial charge on any atom is 0.261 e. The normalized spacial score (nSPS) is 12.0. The van der Waals surface area contributed by atoms with Crippen LogP contribution < -0.4 is 15.5 Å². The van der Waals surface area contributed by atoms with E-state index in [4.69, 9.17) is 0 Å². The summed E-state index contributed by atoms with van der Waals surface area (Å²) in [5.41, 5.74) is 1.71. The summed E-state index contributed by atoms with van der Waals surface area (Å²) >= 11 is 1.29. The number of aromatic nitrogens is 1. The van der Waals surface area contributed by atoms with Gasteiger partial charge in [0.15, 0.2) is 0 Å². The van der Waals surface area contributed by atoms with Crippen LogP contribution in [0.1, 0.15) is 54.0 Å². The van der Waals surface area contributed by atoms with Crippen molar-refractivity contribution in [1.29, 1.82) is 0 Å². The van der Waals surface area contributed by atoms with Crippen molar-refractivity contribution in [2.24, 2.45) is 0 Å². The maximum atomic E-state index is 13.6. The smallest absolute Gasteiger partial charge is 0.261 e. The van der Waals surface area contributed by atoms with Crippen molar-refractivity contribution in [3.8, 4) is 0 Å². The van der Waals surface area contributed by atoms with Crippen LogP contribution in [0, 0.1) is 6.92 Å². The summed E-state index contributed by atoms with van der Waals surface area (Å²) in [5, 5.41) is 7.55. The van der Waals surface area contributed by atoms with E-state index >= 15 is 0 Å². The Morgan fingerprint density at radius 2 is 1.82 bits per heavy atom. The van der Waals surface area contributed by atoms with E-state index < -0.39 is 17.5 Å². The summed E-state index contributed by atoms with van der Waals surface area (Å²) in [7, 11) is 0. The highest BCUT2D eigenvalue weighted by molar-refractivity contribution is 7.12. The molecule has 34 heavy (non-hydrogen) atoms. The fourth-order valence-electron chi connectivity index (χ4n) is 3.33. The molecule has 1 atom stereocenters. The van der Waals surface area contributed by atoms with Gasteiger partial charge >= 0.3 is 0 Å². The Hall–Kier alpha value is -3.52. The first kappa shape index (κ1) is 25.1. The molecule has 0 bridgehead atoms. The van der Waals surface area contributed by atoms with Gasteiger partial charge in [-0.05, 0) is 56.3 Å². The number of rotatable bonds is 9. The van der Waals surface area contributed by atoms with Crippen LogP contribution in [0.2, 0.25) is 0 Å². The lowest BCUT2D eigenvalue weighted by Crippen LogP contribution is -2.52. The third kappa shape index (κ3) is 6.29. The number of aryl methyl sites for hydroxylation is 1. The van der Waals surface area contributed by atoms with E-state index in [0.29, 0.717) is 16.1 Å². The first-order valence-electron chi connectivity index (χ1n) is 11.1. The molecule has 0 saturated carbocycles. The minimum atomic E-state index is -0.943. The van der Waals surface area contributed by atoms with Crippen molar-refractivity contribution in [2.45, 2.75) is 45.7 Å². The van der Waals surface area contributed by atoms with Crippen molar-refractivity contribution in [2.75, 3.05) is 11.4 Å². The van der Waals surface area contributed by atoms with Gasteiger partial charge in [-0.1, -0.05) is 42.8 Å². The Morgan fingerprint density at radius 3 is 2.41 bits per heavy atom. The highest BCUT2D eigenvalue weighted by Crippen LogP contribution is 2.29. The van der Waals surface area contributed by atoms with E-state index in [0.717, 1.165) is 12.0 Å². The zero-order valence-electron chi connectivity index (χ0n) is 19.9. The van der Waals surface area contributed by atoms with Gasteiger partial charge in [0.2, 0.25) is 11.8 Å². The average Bonchev–Trinajstić information content (AvgIpc) is 3.37. The number of nitrogens with one attached hydrogen (secondary N) is 2. The SMILES string of the molecule is CCC(C)(C)NC(=O)[C@@H](c1ccc(C)cc1)N(C(=O)CNC(=O)c1cccs1)c1cccnc1. The Kier molecular flexibility index (Phi) is 8.17. The number of thiophene rings is 1. The molecule has 0 aliphatic rings. The lowest BCUT2D eigenvalue weighted by atomic mass is 9.97. The second kappa shape index (κ2) is 11.1. The number of hydrogen-bond donors (Lipinski definition) is 2. The Balaban J connectivity index is 1.99. The lowest BCUT2D eigenvalue weighted by Gasteiger charge is -2.34. The number of carbonyl (C=O) groups excluding carboxylic acids is 3. The molecular weight excluding hydrogens is 448 g/mol. The van der Waals surface area contributed by atoms with Crippen LogP contribution in [0.25, 0.3) is 0 Å². The molecule has 0 aliphatic heterocycles. The summed E-state index contributed by atoms with van der Waals surface area (Å²) in [4.78, 5) is 45.7. The molecule has 0 radical (unpaired) electrons. The van der Waals surface area contributed by atoms with Crippen LogP contribution in [0.15, 0.2) is 66.3 Å². The summed E-state index contributed by atoms with van der Waals surface area (Å²) in [5.74, 6) is -1.07. The number of benzene rings is 1. The van der Waals surface area contributed by atoms with Gasteiger partial charge in [0.1, 0.15) is 6.04 Å². The molecule has 2 heterocycles. The topological polar surface area (TPSA) is 91.4 Å². The quantitative estimate of drug-likeness (QED) is 0.481. The molecule has 2 aromatic heterocycles. The summed E-state index contributed by atoms with van der Waals surface area (Å²) in [6.45, 7) is 7.57. The van der Waals surface area contributed by atoms with Crippen molar-refractivity contribution >= 4 is 34.7 Å². The minimum Gasteiger partial charge on any atom is -0.349 e. The molecule has 3 rings (SSSR count). The van der Waals surface area contributed by atoms with E-state index in [9.17, 15) is 14.4 Å². The Morgan fingerprint density at radius 1 is 1.09 bits per heavy atom. The lowest BCUT2D eigenvalue weighted by molar-refractivity contribution is -0.127. The molecule has 0 aliphatic carbocycles. The van der Waals surface area contributed by atoms with E-state index in [2.05, 4.69) is 15.6 Å². The Bertz CT molecular complexity index is 1110. The minimum absolute atomic E-state index is 0.265. The average molecular weight is 479 g/mol. The molecular formula is C26H30N4O3S. The number of hydrogen-bond acceptors (Lipinski definition) is 5. The second-order valence-corrected chi connectivity index (χ2v) is 9.62. The first-order valence-corrected chi connectivity index (χ1v) is 12.0. The number of pyridine rings is 1. The van der Waals surface area contributed by atoms with Gasteiger partial charge in [-0.2, -0.15) is 0 Å². The van der Waals surface area contributed by atoms with Gasteiger partial charge in [-0.3, -0.25) is 24.3 Å². The Labute approximate surface area is 204 Å². The van der Waals surface area contributed by atoms with Crippen molar-refractivity contribution in [1.82, 2.24) is 15.6 Å². The molecule has 1 aromatic carbocycles. The summed E-state index contributed by atoms with van der Waals surface area (Å²) < 4.78 is 0. The highest BCUT2D eigenvalue weighted by atomic mass is 32.1. The summed E-state index contributed by atoms with van der Waals surface area (Å²) in [6, 6.07) is 13.5. The van der Waals surface area contributed by atoms with Crippen LogP contribution in [-0.4, -0.2) is 34.8 Å². The largest absolute Gasteiger partial charge is 0.349 e. The molecule has 0 fully saturated rings. The fourth-order valence-corrected chi connectivity index (χ4v) is 3.97. The van der Waals surface area contributed by atoms with Gasteiger partial charge in [-0.15, -0.1) is 11.3 Å². The molecule has 0 saturated heterocycles. The van der Waals surface area contributed by atoms with Gasteiger partial charge in [0, 0.05) is 11.7 Å². The first-order chi connectivity index (χ1) is 16.2. The molecule has 3 aromatic rings. The molecule has 3 amide bonds. The molecule has 178 valence electrons. The van der Waals surface area contributed by atoms with E-state index in [1.165, 1.54) is 16.2 Å². The predicted molar refractivity (Wildman–Crippen MR) is 135 cm³/mol. The third-order valence-electron chi connectivity index (χ3n) is 5.58. The van der Waals surface area contributed by atoms with E-state index in [-0.39, 0.29) is 18.4 Å². The zero-order valence-corrected chi connectivity index (χ0v) is 20.7. The number of anilines is 1. The van der Waals surface area contributed by atoms with Gasteiger partial charge < -0.3 is 10.6 Å². The zero-order chi connectivity index (χ0) is 24.7. The van der Waals surface area contributed by atoms with Gasteiger partial charge in [-0.25, -0.2) is 0 Å². The van der Waals surface area contributed by atoms with Gasteiger partial charge in [0.05, 0.1) is 23.3 Å². The highest BCUT2D eigenvalue weighted by Gasteiger charge is 2.35. The van der Waals surface area contributed by atoms with Crippen molar-refractivity contribution in [3.05, 3.63) is 82.3 Å². The second-order valence-electron chi connectivity index (χ2n) is 8.67. The standard InChI is InChI=1S/C26H30N4O3S/c1-5-26(3,4)29-25(33)23(19-12-10-18(2)11-13-19)30(20-8-6-14-27-16-20)22(31)17-28-24(32)21-9-7-15-34-21/h6-16,23H,5,17H2,1-4H3,(H,28,32)(H,29,33)/t23-/m1/s1. The molecule has 8 heteroatoms. The van der Waals surface area contributed by atoms with Crippen molar-refractivity contribution < 1.29 is 14.4 Å². The fraction of sp³-hybridized carbons (Fsp3) is 0.308. The van der Waals surface area contributed by atoms with E-state index in [1.807, 2.05) is 52.0 Å². The molecule has 7 nitrogen and oxygen atoms in total. The molecule has 0 unspecified atom stereocenters. The van der Waals surface area contributed by atoms with E-state index in [1.54, 1.807) is 42.0 Å². The van der Waals surface area contributed by atoms with Crippen LogP contribution in [0.5, 0.6) is 0 Å². The van der Waals surface area contributed by atoms with Crippen molar-refractivity contribution in [3.63, 3.8) is 0 Å². The predicted octanol–water partition coefficient (Wildman–Crippen LogP) is 4.26. The number of carbonyl (C=O) groups is 3. The molecule has 2 N–H and O–H groups in total. The third-order valence-corrected chi connectivity index (χ3v) is 6.45. The summed E-state index contributed by atoms with van der Waals surface area (Å²) in [6.07, 6.45) is 3.86. The van der Waals surface area contributed by atoms with Gasteiger partial charge in [0.25, 0.3) is 5.91 Å². The van der Waals surface area contributed by atoms with Crippen LogP contribution in [0.3, 0.4) is 0 Å². The number of amides is 3. The molecule has 0 spiro atoms. The monoisotopic (exact) mass is 478 g/mol. The maximum absolute atomic E-state index is 13.6. The van der Waals surface area contributed by atoms with Crippen LogP contribution >= 0.6 is 11.3 Å². The number of nitrogens with zero attached hydrogens (tertiary/aromatic N) is 2. The van der Waals surface area contributed by atoms with Crippen LogP contribution in [0.4, 0.5) is 5.69 Å². The van der Waals surface area contributed by atoms with Crippen LogP contribution in [-0.2, 0) is 9.59 Å².